The van der Waals surface area contributed by atoms with Crippen molar-refractivity contribution in [3.8, 4) is 0 Å². The van der Waals surface area contributed by atoms with E-state index in [2.05, 4.69) is 10.2 Å². The van der Waals surface area contributed by atoms with E-state index in [0.717, 1.165) is 16.9 Å². The first-order valence-electron chi connectivity index (χ1n) is 8.78. The van der Waals surface area contributed by atoms with E-state index in [0.29, 0.717) is 38.2 Å². The summed E-state index contributed by atoms with van der Waals surface area (Å²) in [5, 5.41) is 2.81. The SMILES string of the molecule is Cc1cc(F)ccc1S(=O)(=O)N1CCN(c2ccc3c(c2)CC(=O)N3)CC1. The van der Waals surface area contributed by atoms with Gasteiger partial charge in [0.25, 0.3) is 0 Å². The van der Waals surface area contributed by atoms with Crippen LogP contribution in [0.25, 0.3) is 0 Å². The number of rotatable bonds is 3. The Morgan fingerprint density at radius 3 is 2.48 bits per heavy atom. The number of anilines is 2. The lowest BCUT2D eigenvalue weighted by molar-refractivity contribution is -0.115. The molecule has 0 radical (unpaired) electrons. The molecule has 27 heavy (non-hydrogen) atoms. The van der Waals surface area contributed by atoms with Crippen molar-refractivity contribution in [3.63, 3.8) is 0 Å². The number of aryl methyl sites for hydroxylation is 1. The average Bonchev–Trinajstić information content (AvgIpc) is 3.00. The lowest BCUT2D eigenvalue weighted by Gasteiger charge is -2.35. The van der Waals surface area contributed by atoms with Crippen LogP contribution in [0.3, 0.4) is 0 Å². The lowest BCUT2D eigenvalue weighted by Crippen LogP contribution is -2.48. The molecule has 1 saturated heterocycles. The van der Waals surface area contributed by atoms with E-state index in [1.54, 1.807) is 6.92 Å². The molecule has 0 aromatic heterocycles. The molecule has 0 atom stereocenters. The Kier molecular flexibility index (Phi) is 4.39. The van der Waals surface area contributed by atoms with E-state index in [1.165, 1.54) is 22.5 Å². The van der Waals surface area contributed by atoms with E-state index in [1.807, 2.05) is 18.2 Å². The van der Waals surface area contributed by atoms with Gasteiger partial charge in [0.2, 0.25) is 15.9 Å². The van der Waals surface area contributed by atoms with Crippen LogP contribution in [-0.4, -0.2) is 44.8 Å². The summed E-state index contributed by atoms with van der Waals surface area (Å²) in [7, 11) is -3.65. The van der Waals surface area contributed by atoms with Crippen molar-refractivity contribution in [3.05, 3.63) is 53.3 Å². The third-order valence-corrected chi connectivity index (χ3v) is 7.13. The maximum atomic E-state index is 13.3. The summed E-state index contributed by atoms with van der Waals surface area (Å²) in [5.74, 6) is -0.450. The molecule has 1 N–H and O–H groups in total. The number of fused-ring (bicyclic) bond motifs is 1. The molecule has 0 spiro atoms. The maximum absolute atomic E-state index is 13.3. The largest absolute Gasteiger partial charge is 0.369 e. The summed E-state index contributed by atoms with van der Waals surface area (Å²) in [6, 6.07) is 9.57. The van der Waals surface area contributed by atoms with Gasteiger partial charge in [0.1, 0.15) is 5.82 Å². The zero-order valence-electron chi connectivity index (χ0n) is 14.9. The van der Waals surface area contributed by atoms with Gasteiger partial charge in [0.05, 0.1) is 11.3 Å². The van der Waals surface area contributed by atoms with E-state index < -0.39 is 15.8 Å². The first-order chi connectivity index (χ1) is 12.8. The second-order valence-corrected chi connectivity index (χ2v) is 8.77. The molecule has 2 aromatic rings. The topological polar surface area (TPSA) is 69.7 Å². The van der Waals surface area contributed by atoms with Crippen molar-refractivity contribution in [2.24, 2.45) is 0 Å². The summed E-state index contributed by atoms with van der Waals surface area (Å²) in [6.45, 7) is 3.42. The highest BCUT2D eigenvalue weighted by atomic mass is 32.2. The molecular formula is C19H20FN3O3S. The molecule has 2 aromatic carbocycles. The molecule has 0 bridgehead atoms. The third kappa shape index (κ3) is 3.30. The number of carbonyl (C=O) groups excluding carboxylic acids is 1. The quantitative estimate of drug-likeness (QED) is 0.873. The van der Waals surface area contributed by atoms with Gasteiger partial charge in [-0.3, -0.25) is 4.79 Å². The lowest BCUT2D eigenvalue weighted by atomic mass is 10.1. The summed E-state index contributed by atoms with van der Waals surface area (Å²) >= 11 is 0. The molecule has 8 heteroatoms. The highest BCUT2D eigenvalue weighted by Gasteiger charge is 2.30. The molecular weight excluding hydrogens is 369 g/mol. The Hall–Kier alpha value is -2.45. The van der Waals surface area contributed by atoms with Crippen molar-refractivity contribution < 1.29 is 17.6 Å². The fraction of sp³-hybridized carbons (Fsp3) is 0.316. The molecule has 4 rings (SSSR count). The van der Waals surface area contributed by atoms with Crippen molar-refractivity contribution in [1.29, 1.82) is 0 Å². The second kappa shape index (κ2) is 6.61. The molecule has 2 aliphatic rings. The zero-order valence-corrected chi connectivity index (χ0v) is 15.7. The van der Waals surface area contributed by atoms with Gasteiger partial charge in [-0.25, -0.2) is 12.8 Å². The molecule has 2 heterocycles. The van der Waals surface area contributed by atoms with Crippen molar-refractivity contribution >= 4 is 27.3 Å². The monoisotopic (exact) mass is 389 g/mol. The van der Waals surface area contributed by atoms with Gasteiger partial charge < -0.3 is 10.2 Å². The number of nitrogens with one attached hydrogen (secondary N) is 1. The van der Waals surface area contributed by atoms with Crippen LogP contribution in [0.4, 0.5) is 15.8 Å². The number of piperazine rings is 1. The van der Waals surface area contributed by atoms with Crippen molar-refractivity contribution in [2.45, 2.75) is 18.2 Å². The van der Waals surface area contributed by atoms with Crippen LogP contribution in [0.5, 0.6) is 0 Å². The number of benzene rings is 2. The minimum atomic E-state index is -3.65. The fourth-order valence-corrected chi connectivity index (χ4v) is 5.27. The summed E-state index contributed by atoms with van der Waals surface area (Å²) in [4.78, 5) is 13.8. The standard InChI is InChI=1S/C19H20FN3O3S/c1-13-10-15(20)2-5-18(13)27(25,26)23-8-6-22(7-9-23)16-3-4-17-14(11-16)12-19(24)21-17/h2-5,10-11H,6-9,12H2,1H3,(H,21,24). The van der Waals surface area contributed by atoms with Crippen LogP contribution in [-0.2, 0) is 21.2 Å². The predicted octanol–water partition coefficient (Wildman–Crippen LogP) is 2.14. The molecule has 6 nitrogen and oxygen atoms in total. The van der Waals surface area contributed by atoms with Gasteiger partial charge in [0.15, 0.2) is 0 Å². The smallest absolute Gasteiger partial charge is 0.243 e. The van der Waals surface area contributed by atoms with Crippen LogP contribution in [0, 0.1) is 12.7 Å². The average molecular weight is 389 g/mol. The van der Waals surface area contributed by atoms with E-state index in [4.69, 9.17) is 0 Å². The van der Waals surface area contributed by atoms with Gasteiger partial charge in [-0.2, -0.15) is 4.31 Å². The molecule has 0 unspecified atom stereocenters. The van der Waals surface area contributed by atoms with Gasteiger partial charge in [-0.05, 0) is 54.4 Å². The van der Waals surface area contributed by atoms with Crippen molar-refractivity contribution in [1.82, 2.24) is 4.31 Å². The fourth-order valence-electron chi connectivity index (χ4n) is 3.64. The molecule has 1 fully saturated rings. The molecule has 142 valence electrons. The van der Waals surface area contributed by atoms with Gasteiger partial charge in [0, 0.05) is 37.6 Å². The number of carbonyl (C=O) groups is 1. The Labute approximate surface area is 157 Å². The molecule has 0 saturated carbocycles. The Morgan fingerprint density at radius 1 is 1.04 bits per heavy atom. The number of hydrogen-bond acceptors (Lipinski definition) is 4. The van der Waals surface area contributed by atoms with E-state index >= 15 is 0 Å². The minimum Gasteiger partial charge on any atom is -0.369 e. The summed E-state index contributed by atoms with van der Waals surface area (Å²) in [5.41, 5.74) is 3.21. The van der Waals surface area contributed by atoms with Gasteiger partial charge in [-0.15, -0.1) is 0 Å². The Balaban J connectivity index is 1.49. The summed E-state index contributed by atoms with van der Waals surface area (Å²) in [6.07, 6.45) is 0.376. The molecule has 0 aliphatic carbocycles. The number of sulfonamides is 1. The summed E-state index contributed by atoms with van der Waals surface area (Å²) < 4.78 is 40.5. The Morgan fingerprint density at radius 2 is 1.78 bits per heavy atom. The Bertz CT molecular complexity index is 1010. The minimum absolute atomic E-state index is 0.00673. The van der Waals surface area contributed by atoms with Gasteiger partial charge >= 0.3 is 0 Å². The highest BCUT2D eigenvalue weighted by molar-refractivity contribution is 7.89. The first-order valence-corrected chi connectivity index (χ1v) is 10.2. The van der Waals surface area contributed by atoms with Crippen LogP contribution in [0.15, 0.2) is 41.3 Å². The number of hydrogen-bond donors (Lipinski definition) is 1. The number of nitrogens with zero attached hydrogens (tertiary/aromatic N) is 2. The van der Waals surface area contributed by atoms with E-state index in [9.17, 15) is 17.6 Å². The maximum Gasteiger partial charge on any atom is 0.243 e. The van der Waals surface area contributed by atoms with E-state index in [-0.39, 0.29) is 10.8 Å². The number of amides is 1. The highest BCUT2D eigenvalue weighted by Crippen LogP contribution is 2.29. The molecule has 2 aliphatic heterocycles. The van der Waals surface area contributed by atoms with Crippen LogP contribution in [0.1, 0.15) is 11.1 Å². The first kappa shape index (κ1) is 17.9. The predicted molar refractivity (Wildman–Crippen MR) is 101 cm³/mol. The molecule has 1 amide bonds. The normalized spacial score (nSPS) is 17.7. The van der Waals surface area contributed by atoms with Crippen LogP contribution < -0.4 is 10.2 Å². The second-order valence-electron chi connectivity index (χ2n) is 6.87. The van der Waals surface area contributed by atoms with Crippen molar-refractivity contribution in [2.75, 3.05) is 36.4 Å². The van der Waals surface area contributed by atoms with Gasteiger partial charge in [-0.1, -0.05) is 0 Å². The van der Waals surface area contributed by atoms with Crippen LogP contribution >= 0.6 is 0 Å². The third-order valence-electron chi connectivity index (χ3n) is 5.07. The van der Waals surface area contributed by atoms with Crippen LogP contribution in [0.2, 0.25) is 0 Å². The zero-order chi connectivity index (χ0) is 19.2. The number of halogens is 1.